The van der Waals surface area contributed by atoms with E-state index in [-0.39, 0.29) is 10.0 Å². The summed E-state index contributed by atoms with van der Waals surface area (Å²) in [6.07, 6.45) is -0.875. The fourth-order valence-corrected chi connectivity index (χ4v) is 1.64. The van der Waals surface area contributed by atoms with Crippen LogP contribution in [0.4, 0.5) is 4.39 Å². The van der Waals surface area contributed by atoms with Crippen molar-refractivity contribution in [2.75, 3.05) is 0 Å². The number of benzene rings is 1. The van der Waals surface area contributed by atoms with Crippen molar-refractivity contribution < 1.29 is 14.6 Å². The summed E-state index contributed by atoms with van der Waals surface area (Å²) in [6.45, 7) is 3.22. The van der Waals surface area contributed by atoms with Gasteiger partial charge in [0.25, 0.3) is 0 Å². The zero-order valence-corrected chi connectivity index (χ0v) is 10.3. The lowest BCUT2D eigenvalue weighted by Gasteiger charge is -2.28. The topological polar surface area (TPSA) is 40.5 Å². The SMILES string of the molecule is CCC(C)(O)C(O)c1cccc(Br)c1F. The van der Waals surface area contributed by atoms with Crippen molar-refractivity contribution in [3.8, 4) is 0 Å². The third-order valence-electron chi connectivity index (χ3n) is 2.58. The maximum atomic E-state index is 13.6. The van der Waals surface area contributed by atoms with Gasteiger partial charge in [-0.1, -0.05) is 19.1 Å². The van der Waals surface area contributed by atoms with Crippen molar-refractivity contribution in [1.29, 1.82) is 0 Å². The molecule has 0 aromatic heterocycles. The van der Waals surface area contributed by atoms with E-state index in [1.165, 1.54) is 13.0 Å². The molecule has 0 aliphatic carbocycles. The second-order valence-corrected chi connectivity index (χ2v) is 4.61. The molecule has 1 rings (SSSR count). The fourth-order valence-electron chi connectivity index (χ4n) is 1.26. The van der Waals surface area contributed by atoms with E-state index in [0.717, 1.165) is 0 Å². The molecule has 0 saturated heterocycles. The zero-order chi connectivity index (χ0) is 11.6. The molecule has 0 heterocycles. The lowest BCUT2D eigenvalue weighted by atomic mass is 9.90. The molecular weight excluding hydrogens is 263 g/mol. The van der Waals surface area contributed by atoms with Crippen molar-refractivity contribution in [2.45, 2.75) is 32.0 Å². The van der Waals surface area contributed by atoms with Crippen LogP contribution in [0.1, 0.15) is 31.9 Å². The second-order valence-electron chi connectivity index (χ2n) is 3.76. The molecule has 0 radical (unpaired) electrons. The van der Waals surface area contributed by atoms with Crippen LogP contribution < -0.4 is 0 Å². The van der Waals surface area contributed by atoms with Gasteiger partial charge in [0.1, 0.15) is 11.9 Å². The van der Waals surface area contributed by atoms with Gasteiger partial charge < -0.3 is 10.2 Å². The summed E-state index contributed by atoms with van der Waals surface area (Å²) < 4.78 is 13.9. The van der Waals surface area contributed by atoms with Gasteiger partial charge in [0.15, 0.2) is 0 Å². The van der Waals surface area contributed by atoms with E-state index in [4.69, 9.17) is 0 Å². The van der Waals surface area contributed by atoms with Gasteiger partial charge >= 0.3 is 0 Å². The largest absolute Gasteiger partial charge is 0.387 e. The van der Waals surface area contributed by atoms with Gasteiger partial charge in [0, 0.05) is 5.56 Å². The van der Waals surface area contributed by atoms with E-state index in [1.807, 2.05) is 0 Å². The molecule has 0 saturated carbocycles. The van der Waals surface area contributed by atoms with Crippen LogP contribution in [-0.4, -0.2) is 15.8 Å². The number of aliphatic hydroxyl groups excluding tert-OH is 1. The normalized spacial score (nSPS) is 17.2. The van der Waals surface area contributed by atoms with E-state index in [1.54, 1.807) is 19.1 Å². The maximum Gasteiger partial charge on any atom is 0.143 e. The van der Waals surface area contributed by atoms with Crippen molar-refractivity contribution in [2.24, 2.45) is 0 Å². The highest BCUT2D eigenvalue weighted by Gasteiger charge is 2.31. The highest BCUT2D eigenvalue weighted by molar-refractivity contribution is 9.10. The van der Waals surface area contributed by atoms with Crippen molar-refractivity contribution in [1.82, 2.24) is 0 Å². The maximum absolute atomic E-state index is 13.6. The van der Waals surface area contributed by atoms with Crippen LogP contribution in [0.3, 0.4) is 0 Å². The van der Waals surface area contributed by atoms with E-state index in [9.17, 15) is 14.6 Å². The van der Waals surface area contributed by atoms with Gasteiger partial charge in [-0.2, -0.15) is 0 Å². The Bertz CT molecular complexity index is 352. The van der Waals surface area contributed by atoms with E-state index in [0.29, 0.717) is 6.42 Å². The summed E-state index contributed by atoms with van der Waals surface area (Å²) >= 11 is 3.04. The van der Waals surface area contributed by atoms with Crippen molar-refractivity contribution in [3.05, 3.63) is 34.1 Å². The molecule has 0 aliphatic heterocycles. The molecule has 84 valence electrons. The van der Waals surface area contributed by atoms with Gasteiger partial charge in [-0.3, -0.25) is 0 Å². The molecular formula is C11H14BrFO2. The average molecular weight is 277 g/mol. The Hall–Kier alpha value is -0.450. The first-order valence-electron chi connectivity index (χ1n) is 4.74. The summed E-state index contributed by atoms with van der Waals surface area (Å²) in [5.41, 5.74) is -1.21. The Morgan fingerprint density at radius 3 is 2.67 bits per heavy atom. The minimum atomic E-state index is -1.32. The molecule has 1 aromatic carbocycles. The third kappa shape index (κ3) is 2.56. The predicted octanol–water partition coefficient (Wildman–Crippen LogP) is 2.78. The van der Waals surface area contributed by atoms with E-state index >= 15 is 0 Å². The molecule has 2 unspecified atom stereocenters. The molecule has 2 nitrogen and oxygen atoms in total. The van der Waals surface area contributed by atoms with Crippen LogP contribution >= 0.6 is 15.9 Å². The van der Waals surface area contributed by atoms with Gasteiger partial charge in [-0.05, 0) is 35.3 Å². The van der Waals surface area contributed by atoms with E-state index < -0.39 is 17.5 Å². The smallest absolute Gasteiger partial charge is 0.143 e. The van der Waals surface area contributed by atoms with Gasteiger partial charge in [-0.15, -0.1) is 0 Å². The molecule has 0 spiro atoms. The summed E-state index contributed by atoms with van der Waals surface area (Å²) in [7, 11) is 0. The van der Waals surface area contributed by atoms with Crippen LogP contribution in [0.5, 0.6) is 0 Å². The third-order valence-corrected chi connectivity index (χ3v) is 3.19. The Morgan fingerprint density at radius 2 is 2.13 bits per heavy atom. The molecule has 2 atom stereocenters. The lowest BCUT2D eigenvalue weighted by molar-refractivity contribution is -0.0673. The second kappa shape index (κ2) is 4.60. The van der Waals surface area contributed by atoms with Gasteiger partial charge in [0.2, 0.25) is 0 Å². The molecule has 0 aliphatic rings. The van der Waals surface area contributed by atoms with Crippen LogP contribution in [0.15, 0.2) is 22.7 Å². The lowest BCUT2D eigenvalue weighted by Crippen LogP contribution is -2.32. The highest BCUT2D eigenvalue weighted by atomic mass is 79.9. The quantitative estimate of drug-likeness (QED) is 0.891. The van der Waals surface area contributed by atoms with Crippen LogP contribution in [0, 0.1) is 5.82 Å². The molecule has 1 aromatic rings. The minimum Gasteiger partial charge on any atom is -0.387 e. The summed E-state index contributed by atoms with van der Waals surface area (Å²) in [5.74, 6) is -0.529. The minimum absolute atomic E-state index is 0.108. The number of halogens is 2. The Balaban J connectivity index is 3.12. The zero-order valence-electron chi connectivity index (χ0n) is 8.67. The highest BCUT2D eigenvalue weighted by Crippen LogP contribution is 2.32. The number of hydrogen-bond acceptors (Lipinski definition) is 2. The molecule has 0 bridgehead atoms. The Labute approximate surface area is 96.9 Å². The first-order chi connectivity index (χ1) is 6.90. The van der Waals surface area contributed by atoms with Crippen LogP contribution in [0.25, 0.3) is 0 Å². The average Bonchev–Trinajstić information content (AvgIpc) is 2.21. The van der Waals surface area contributed by atoms with E-state index in [2.05, 4.69) is 15.9 Å². The number of rotatable bonds is 3. The number of aliphatic hydroxyl groups is 2. The summed E-state index contributed by atoms with van der Waals surface area (Å²) in [5, 5.41) is 19.7. The standard InChI is InChI=1S/C11H14BrFO2/c1-3-11(2,15)10(14)7-5-4-6-8(12)9(7)13/h4-6,10,14-15H,3H2,1-2H3. The summed E-state index contributed by atoms with van der Waals surface area (Å²) in [4.78, 5) is 0. The Kier molecular flexibility index (Phi) is 3.87. The van der Waals surface area contributed by atoms with Crippen molar-refractivity contribution >= 4 is 15.9 Å². The fraction of sp³-hybridized carbons (Fsp3) is 0.455. The molecule has 0 amide bonds. The first-order valence-corrected chi connectivity index (χ1v) is 5.53. The first kappa shape index (κ1) is 12.6. The van der Waals surface area contributed by atoms with Gasteiger partial charge in [0.05, 0.1) is 10.1 Å². The van der Waals surface area contributed by atoms with Crippen molar-refractivity contribution in [3.63, 3.8) is 0 Å². The Morgan fingerprint density at radius 1 is 1.53 bits per heavy atom. The molecule has 4 heteroatoms. The molecule has 2 N–H and O–H groups in total. The molecule has 0 fully saturated rings. The summed E-state index contributed by atoms with van der Waals surface area (Å²) in [6, 6.07) is 4.64. The monoisotopic (exact) mass is 276 g/mol. The van der Waals surface area contributed by atoms with Gasteiger partial charge in [-0.25, -0.2) is 4.39 Å². The predicted molar refractivity (Wildman–Crippen MR) is 60.0 cm³/mol. The van der Waals surface area contributed by atoms with Crippen LogP contribution in [0.2, 0.25) is 0 Å². The van der Waals surface area contributed by atoms with Crippen LogP contribution in [-0.2, 0) is 0 Å². The molecule has 15 heavy (non-hydrogen) atoms. The number of hydrogen-bond donors (Lipinski definition) is 2.